The van der Waals surface area contributed by atoms with Crippen LogP contribution in [-0.2, 0) is 4.79 Å². The van der Waals surface area contributed by atoms with Crippen LogP contribution in [0.2, 0.25) is 5.02 Å². The van der Waals surface area contributed by atoms with Gasteiger partial charge in [0.05, 0.1) is 22.0 Å². The van der Waals surface area contributed by atoms with Crippen LogP contribution in [0.5, 0.6) is 0 Å². The molecule has 2 N–H and O–H groups in total. The average molecular weight is 423 g/mol. The van der Waals surface area contributed by atoms with E-state index in [2.05, 4.69) is 20.8 Å². The summed E-state index contributed by atoms with van der Waals surface area (Å²) in [5.41, 5.74) is 0.445. The van der Waals surface area contributed by atoms with E-state index in [1.807, 2.05) is 0 Å². The van der Waals surface area contributed by atoms with Crippen LogP contribution in [0, 0.1) is 5.82 Å². The summed E-state index contributed by atoms with van der Waals surface area (Å²) in [6, 6.07) is 12.6. The molecule has 2 aromatic carbocycles. The number of amides is 2. The van der Waals surface area contributed by atoms with E-state index >= 15 is 0 Å². The van der Waals surface area contributed by atoms with Crippen LogP contribution in [0.15, 0.2) is 52.9 Å². The van der Waals surface area contributed by atoms with E-state index in [0.717, 1.165) is 23.1 Å². The number of halogens is 2. The van der Waals surface area contributed by atoms with Crippen molar-refractivity contribution in [2.24, 2.45) is 0 Å². The Morgan fingerprint density at radius 2 is 1.81 bits per heavy atom. The molecule has 10 heteroatoms. The third-order valence-corrected chi connectivity index (χ3v) is 5.52. The zero-order valence-electron chi connectivity index (χ0n) is 13.6. The number of thioether (sulfide) groups is 1. The maximum absolute atomic E-state index is 13.5. The standard InChI is InChI=1S/C17H12ClFN4O2S2/c18-11-6-2-1-5-10(11)15(25)21-16-22-23-17(27-16)26-9-14(24)20-13-8-4-3-7-12(13)19/h1-8H,9H2,(H,20,24)(H,21,22,25). The Hall–Kier alpha value is -2.49. The summed E-state index contributed by atoms with van der Waals surface area (Å²) >= 11 is 8.24. The fraction of sp³-hybridized carbons (Fsp3) is 0.0588. The van der Waals surface area contributed by atoms with Crippen molar-refractivity contribution in [1.82, 2.24) is 10.2 Å². The highest BCUT2D eigenvalue weighted by Crippen LogP contribution is 2.26. The molecular weight excluding hydrogens is 411 g/mol. The predicted molar refractivity (Wildman–Crippen MR) is 105 cm³/mol. The van der Waals surface area contributed by atoms with Crippen molar-refractivity contribution < 1.29 is 14.0 Å². The highest BCUT2D eigenvalue weighted by Gasteiger charge is 2.14. The normalized spacial score (nSPS) is 10.4. The largest absolute Gasteiger partial charge is 0.323 e. The fourth-order valence-corrected chi connectivity index (χ4v) is 3.77. The number of nitrogens with one attached hydrogen (secondary N) is 2. The van der Waals surface area contributed by atoms with Gasteiger partial charge in [0.25, 0.3) is 5.91 Å². The lowest BCUT2D eigenvalue weighted by molar-refractivity contribution is -0.113. The molecule has 0 spiro atoms. The molecule has 0 atom stereocenters. The molecule has 27 heavy (non-hydrogen) atoms. The van der Waals surface area contributed by atoms with E-state index < -0.39 is 11.7 Å². The fourth-order valence-electron chi connectivity index (χ4n) is 2.00. The van der Waals surface area contributed by atoms with Gasteiger partial charge in [0, 0.05) is 0 Å². The van der Waals surface area contributed by atoms with E-state index in [1.54, 1.807) is 36.4 Å². The first-order valence-corrected chi connectivity index (χ1v) is 9.77. The second kappa shape index (κ2) is 8.94. The molecule has 3 aromatic rings. The van der Waals surface area contributed by atoms with Crippen LogP contribution in [0.25, 0.3) is 0 Å². The molecule has 2 amide bonds. The second-order valence-corrected chi connectivity index (χ2v) is 7.73. The van der Waals surface area contributed by atoms with Crippen molar-refractivity contribution >= 4 is 57.3 Å². The number of hydrogen-bond acceptors (Lipinski definition) is 6. The smallest absolute Gasteiger partial charge is 0.259 e. The Kier molecular flexibility index (Phi) is 6.38. The molecule has 0 saturated heterocycles. The highest BCUT2D eigenvalue weighted by molar-refractivity contribution is 8.01. The number of aromatic nitrogens is 2. The van der Waals surface area contributed by atoms with Crippen LogP contribution < -0.4 is 10.6 Å². The minimum Gasteiger partial charge on any atom is -0.323 e. The van der Waals surface area contributed by atoms with Gasteiger partial charge in [-0.2, -0.15) is 0 Å². The SMILES string of the molecule is O=C(CSc1nnc(NC(=O)c2ccccc2Cl)s1)Nc1ccccc1F. The molecule has 1 aromatic heterocycles. The van der Waals surface area contributed by atoms with Crippen molar-refractivity contribution in [2.45, 2.75) is 4.34 Å². The molecule has 138 valence electrons. The molecular formula is C17H12ClFN4O2S2. The summed E-state index contributed by atoms with van der Waals surface area (Å²) < 4.78 is 14.0. The van der Waals surface area contributed by atoms with E-state index in [-0.39, 0.29) is 22.5 Å². The molecule has 0 fully saturated rings. The molecule has 1 heterocycles. The number of rotatable bonds is 6. The molecule has 0 radical (unpaired) electrons. The number of carbonyl (C=O) groups excluding carboxylic acids is 2. The summed E-state index contributed by atoms with van der Waals surface area (Å²) in [5.74, 6) is -1.24. The first-order chi connectivity index (χ1) is 13.0. The predicted octanol–water partition coefficient (Wildman–Crippen LogP) is 4.31. The first kappa shape index (κ1) is 19.3. The van der Waals surface area contributed by atoms with Crippen molar-refractivity contribution in [3.05, 3.63) is 64.9 Å². The summed E-state index contributed by atoms with van der Waals surface area (Å²) in [6.45, 7) is 0. The van der Waals surface area contributed by atoms with E-state index in [0.29, 0.717) is 14.9 Å². The maximum Gasteiger partial charge on any atom is 0.259 e. The van der Waals surface area contributed by atoms with Gasteiger partial charge in [-0.1, -0.05) is 59.0 Å². The quantitative estimate of drug-likeness (QED) is 0.456. The van der Waals surface area contributed by atoms with Crippen LogP contribution in [-0.4, -0.2) is 27.8 Å². The van der Waals surface area contributed by atoms with Crippen LogP contribution >= 0.6 is 34.7 Å². The Bertz CT molecular complexity index is 983. The van der Waals surface area contributed by atoms with E-state index in [9.17, 15) is 14.0 Å². The van der Waals surface area contributed by atoms with Gasteiger partial charge in [-0.05, 0) is 24.3 Å². The lowest BCUT2D eigenvalue weighted by atomic mass is 10.2. The Labute approximate surface area is 167 Å². The third-order valence-electron chi connectivity index (χ3n) is 3.22. The molecule has 0 unspecified atom stereocenters. The molecule has 0 saturated carbocycles. The van der Waals surface area contributed by atoms with Crippen molar-refractivity contribution in [3.8, 4) is 0 Å². The Morgan fingerprint density at radius 1 is 1.07 bits per heavy atom. The maximum atomic E-state index is 13.5. The van der Waals surface area contributed by atoms with Gasteiger partial charge in [-0.15, -0.1) is 10.2 Å². The van der Waals surface area contributed by atoms with Gasteiger partial charge >= 0.3 is 0 Å². The molecule has 3 rings (SSSR count). The van der Waals surface area contributed by atoms with Crippen LogP contribution in [0.4, 0.5) is 15.2 Å². The average Bonchev–Trinajstić information content (AvgIpc) is 3.09. The monoisotopic (exact) mass is 422 g/mol. The second-order valence-electron chi connectivity index (χ2n) is 5.12. The summed E-state index contributed by atoms with van der Waals surface area (Å²) in [7, 11) is 0. The lowest BCUT2D eigenvalue weighted by Crippen LogP contribution is -2.14. The van der Waals surface area contributed by atoms with Gasteiger partial charge in [0.15, 0.2) is 4.34 Å². The van der Waals surface area contributed by atoms with Gasteiger partial charge in [-0.25, -0.2) is 4.39 Å². The molecule has 0 aliphatic heterocycles. The molecule has 0 aliphatic carbocycles. The number of hydrogen-bond donors (Lipinski definition) is 2. The van der Waals surface area contributed by atoms with Gasteiger partial charge in [0.2, 0.25) is 11.0 Å². The highest BCUT2D eigenvalue weighted by atomic mass is 35.5. The summed E-state index contributed by atoms with van der Waals surface area (Å²) in [5, 5.41) is 13.5. The number of anilines is 2. The summed E-state index contributed by atoms with van der Waals surface area (Å²) in [4.78, 5) is 24.1. The molecule has 0 aliphatic rings. The van der Waals surface area contributed by atoms with Crippen molar-refractivity contribution in [1.29, 1.82) is 0 Å². The third kappa shape index (κ3) is 5.25. The Balaban J connectivity index is 1.54. The van der Waals surface area contributed by atoms with Gasteiger partial charge < -0.3 is 5.32 Å². The summed E-state index contributed by atoms with van der Waals surface area (Å²) in [6.07, 6.45) is 0. The lowest BCUT2D eigenvalue weighted by Gasteiger charge is -2.04. The number of nitrogens with zero attached hydrogens (tertiary/aromatic N) is 2. The Morgan fingerprint density at radius 3 is 2.59 bits per heavy atom. The van der Waals surface area contributed by atoms with Crippen molar-refractivity contribution in [2.75, 3.05) is 16.4 Å². The zero-order valence-corrected chi connectivity index (χ0v) is 16.0. The van der Waals surface area contributed by atoms with Crippen LogP contribution in [0.1, 0.15) is 10.4 Å². The minimum atomic E-state index is -0.503. The first-order valence-electron chi connectivity index (χ1n) is 7.59. The van der Waals surface area contributed by atoms with Crippen molar-refractivity contribution in [3.63, 3.8) is 0 Å². The van der Waals surface area contributed by atoms with Gasteiger partial charge in [-0.3, -0.25) is 14.9 Å². The number of carbonyl (C=O) groups is 2. The molecule has 6 nitrogen and oxygen atoms in total. The topological polar surface area (TPSA) is 84.0 Å². The van der Waals surface area contributed by atoms with E-state index in [4.69, 9.17) is 11.6 Å². The van der Waals surface area contributed by atoms with Crippen LogP contribution in [0.3, 0.4) is 0 Å². The minimum absolute atomic E-state index is 0.0292. The zero-order chi connectivity index (χ0) is 19.2. The number of para-hydroxylation sites is 1. The number of benzene rings is 2. The van der Waals surface area contributed by atoms with Gasteiger partial charge in [0.1, 0.15) is 5.82 Å². The molecule has 0 bridgehead atoms. The van der Waals surface area contributed by atoms with E-state index in [1.165, 1.54) is 12.1 Å².